The van der Waals surface area contributed by atoms with E-state index in [1.807, 2.05) is 4.90 Å². The molecule has 19 heavy (non-hydrogen) atoms. The van der Waals surface area contributed by atoms with Crippen molar-refractivity contribution >= 4 is 11.9 Å². The second-order valence-electron chi connectivity index (χ2n) is 5.10. The number of anilines is 1. The van der Waals surface area contributed by atoms with Gasteiger partial charge in [0.05, 0.1) is 13.1 Å². The van der Waals surface area contributed by atoms with Gasteiger partial charge in [0.25, 0.3) is 0 Å². The number of aromatic nitrogens is 2. The maximum absolute atomic E-state index is 11.8. The van der Waals surface area contributed by atoms with Gasteiger partial charge in [-0.1, -0.05) is 5.10 Å². The third kappa shape index (κ3) is 3.44. The molecule has 1 aromatic rings. The van der Waals surface area contributed by atoms with Crippen LogP contribution in [-0.4, -0.2) is 46.7 Å². The predicted octanol–water partition coefficient (Wildman–Crippen LogP) is 0.356. The highest BCUT2D eigenvalue weighted by Gasteiger charge is 2.21. The van der Waals surface area contributed by atoms with Crippen molar-refractivity contribution in [1.82, 2.24) is 20.4 Å². The number of rotatable bonds is 6. The zero-order chi connectivity index (χ0) is 13.1. The lowest BCUT2D eigenvalue weighted by Crippen LogP contribution is -2.33. The SMILES string of the molecule is O=C(CNc1nnc(CNC2CC2)o1)N1CCCC1. The van der Waals surface area contributed by atoms with Crippen molar-refractivity contribution in [3.63, 3.8) is 0 Å². The molecule has 2 fully saturated rings. The fraction of sp³-hybridized carbons (Fsp3) is 0.750. The molecule has 0 aromatic carbocycles. The summed E-state index contributed by atoms with van der Waals surface area (Å²) in [6, 6.07) is 0.931. The largest absolute Gasteiger partial charge is 0.407 e. The molecule has 1 saturated carbocycles. The smallest absolute Gasteiger partial charge is 0.315 e. The van der Waals surface area contributed by atoms with Crippen LogP contribution in [0.25, 0.3) is 0 Å². The molecule has 1 aliphatic carbocycles. The highest BCUT2D eigenvalue weighted by molar-refractivity contribution is 5.80. The Hall–Kier alpha value is -1.63. The fourth-order valence-electron chi connectivity index (χ4n) is 2.15. The molecule has 0 radical (unpaired) electrons. The van der Waals surface area contributed by atoms with E-state index in [2.05, 4.69) is 20.8 Å². The highest BCUT2D eigenvalue weighted by atomic mass is 16.4. The van der Waals surface area contributed by atoms with Gasteiger partial charge in [-0.2, -0.15) is 0 Å². The fourth-order valence-corrected chi connectivity index (χ4v) is 2.15. The molecular formula is C12H19N5O2. The molecule has 2 heterocycles. The summed E-state index contributed by atoms with van der Waals surface area (Å²) in [7, 11) is 0. The minimum absolute atomic E-state index is 0.0911. The molecule has 1 aromatic heterocycles. The number of amides is 1. The first-order valence-corrected chi connectivity index (χ1v) is 6.89. The Morgan fingerprint density at radius 2 is 2.11 bits per heavy atom. The van der Waals surface area contributed by atoms with Crippen LogP contribution in [0.15, 0.2) is 4.42 Å². The second kappa shape index (κ2) is 5.56. The van der Waals surface area contributed by atoms with Crippen molar-refractivity contribution in [3.05, 3.63) is 5.89 Å². The van der Waals surface area contributed by atoms with Crippen molar-refractivity contribution in [2.75, 3.05) is 25.0 Å². The maximum Gasteiger partial charge on any atom is 0.315 e. The summed E-state index contributed by atoms with van der Waals surface area (Å²) in [5.74, 6) is 0.649. The first-order chi connectivity index (χ1) is 9.31. The normalized spacial score (nSPS) is 18.8. The summed E-state index contributed by atoms with van der Waals surface area (Å²) < 4.78 is 5.41. The first-order valence-electron chi connectivity index (χ1n) is 6.89. The molecule has 1 aliphatic heterocycles. The molecule has 7 nitrogen and oxygen atoms in total. The van der Waals surface area contributed by atoms with Gasteiger partial charge >= 0.3 is 6.01 Å². The summed E-state index contributed by atoms with van der Waals surface area (Å²) in [6.07, 6.45) is 4.65. The molecular weight excluding hydrogens is 246 g/mol. The molecule has 1 saturated heterocycles. The van der Waals surface area contributed by atoms with Gasteiger partial charge in [0, 0.05) is 19.1 Å². The van der Waals surface area contributed by atoms with E-state index in [9.17, 15) is 4.79 Å². The van der Waals surface area contributed by atoms with Crippen LogP contribution >= 0.6 is 0 Å². The van der Waals surface area contributed by atoms with E-state index in [1.54, 1.807) is 0 Å². The molecule has 2 N–H and O–H groups in total. The number of hydrogen-bond donors (Lipinski definition) is 2. The standard InChI is InChI=1S/C12H19N5O2/c18-11(17-5-1-2-6-17)8-14-12-16-15-10(19-12)7-13-9-3-4-9/h9,13H,1-8H2,(H,14,16). The first kappa shape index (κ1) is 12.4. The minimum atomic E-state index is 0.0911. The number of carbonyl (C=O) groups is 1. The molecule has 0 bridgehead atoms. The third-order valence-electron chi connectivity index (χ3n) is 3.44. The lowest BCUT2D eigenvalue weighted by Gasteiger charge is -2.14. The van der Waals surface area contributed by atoms with E-state index in [-0.39, 0.29) is 12.5 Å². The summed E-state index contributed by atoms with van der Waals surface area (Å²) in [5.41, 5.74) is 0. The maximum atomic E-state index is 11.8. The van der Waals surface area contributed by atoms with E-state index in [1.165, 1.54) is 12.8 Å². The number of nitrogens with zero attached hydrogens (tertiary/aromatic N) is 3. The van der Waals surface area contributed by atoms with Crippen molar-refractivity contribution in [2.45, 2.75) is 38.3 Å². The molecule has 0 unspecified atom stereocenters. The number of nitrogens with one attached hydrogen (secondary N) is 2. The average Bonchev–Trinajstić information content (AvgIpc) is 2.94. The summed E-state index contributed by atoms with van der Waals surface area (Å²) >= 11 is 0. The third-order valence-corrected chi connectivity index (χ3v) is 3.44. The van der Waals surface area contributed by atoms with Crippen molar-refractivity contribution < 1.29 is 9.21 Å². The Bertz CT molecular complexity index is 437. The number of hydrogen-bond acceptors (Lipinski definition) is 6. The van der Waals surface area contributed by atoms with Crippen LogP contribution in [0.4, 0.5) is 6.01 Å². The Morgan fingerprint density at radius 3 is 2.84 bits per heavy atom. The monoisotopic (exact) mass is 265 g/mol. The predicted molar refractivity (Wildman–Crippen MR) is 68.5 cm³/mol. The van der Waals surface area contributed by atoms with Crippen LogP contribution in [0.1, 0.15) is 31.6 Å². The van der Waals surface area contributed by atoms with Crippen LogP contribution < -0.4 is 10.6 Å². The van der Waals surface area contributed by atoms with Crippen molar-refractivity contribution in [2.24, 2.45) is 0 Å². The van der Waals surface area contributed by atoms with Gasteiger partial charge in [0.2, 0.25) is 11.8 Å². The van der Waals surface area contributed by atoms with Crippen molar-refractivity contribution in [1.29, 1.82) is 0 Å². The van der Waals surface area contributed by atoms with Gasteiger partial charge in [0.1, 0.15) is 0 Å². The van der Waals surface area contributed by atoms with Crippen LogP contribution in [0.5, 0.6) is 0 Å². The van der Waals surface area contributed by atoms with Gasteiger partial charge < -0.3 is 20.0 Å². The van der Waals surface area contributed by atoms with Gasteiger partial charge in [0.15, 0.2) is 0 Å². The van der Waals surface area contributed by atoms with Gasteiger partial charge in [-0.15, -0.1) is 5.10 Å². The summed E-state index contributed by atoms with van der Waals surface area (Å²) in [4.78, 5) is 13.7. The van der Waals surface area contributed by atoms with Gasteiger partial charge in [-0.25, -0.2) is 0 Å². The second-order valence-corrected chi connectivity index (χ2v) is 5.10. The summed E-state index contributed by atoms with van der Waals surface area (Å²) in [6.45, 7) is 2.54. The molecule has 2 aliphatic rings. The van der Waals surface area contributed by atoms with E-state index < -0.39 is 0 Å². The quantitative estimate of drug-likeness (QED) is 0.772. The van der Waals surface area contributed by atoms with E-state index in [0.717, 1.165) is 25.9 Å². The lowest BCUT2D eigenvalue weighted by molar-refractivity contribution is -0.128. The Balaban J connectivity index is 1.42. The lowest BCUT2D eigenvalue weighted by atomic mass is 10.4. The minimum Gasteiger partial charge on any atom is -0.407 e. The Kier molecular flexibility index (Phi) is 3.63. The molecule has 1 amide bonds. The molecule has 3 rings (SSSR count). The Labute approximate surface area is 111 Å². The number of carbonyl (C=O) groups excluding carboxylic acids is 1. The zero-order valence-electron chi connectivity index (χ0n) is 10.9. The van der Waals surface area contributed by atoms with Crippen LogP contribution in [0, 0.1) is 0 Å². The van der Waals surface area contributed by atoms with Crippen molar-refractivity contribution in [3.8, 4) is 0 Å². The molecule has 0 atom stereocenters. The molecule has 7 heteroatoms. The topological polar surface area (TPSA) is 83.3 Å². The Morgan fingerprint density at radius 1 is 1.32 bits per heavy atom. The van der Waals surface area contributed by atoms with Crippen LogP contribution in [0.3, 0.4) is 0 Å². The van der Waals surface area contributed by atoms with Crippen LogP contribution in [0.2, 0.25) is 0 Å². The van der Waals surface area contributed by atoms with E-state index in [4.69, 9.17) is 4.42 Å². The molecule has 0 spiro atoms. The van der Waals surface area contributed by atoms with Gasteiger partial charge in [-0.05, 0) is 25.7 Å². The highest BCUT2D eigenvalue weighted by Crippen LogP contribution is 2.19. The average molecular weight is 265 g/mol. The van der Waals surface area contributed by atoms with Crippen LogP contribution in [-0.2, 0) is 11.3 Å². The zero-order valence-corrected chi connectivity index (χ0v) is 10.9. The van der Waals surface area contributed by atoms with Gasteiger partial charge in [-0.3, -0.25) is 4.79 Å². The number of likely N-dealkylation sites (tertiary alicyclic amines) is 1. The van der Waals surface area contributed by atoms with E-state index in [0.29, 0.717) is 24.5 Å². The summed E-state index contributed by atoms with van der Waals surface area (Å²) in [5, 5.41) is 14.0. The van der Waals surface area contributed by atoms with E-state index >= 15 is 0 Å². The molecule has 104 valence electrons.